The van der Waals surface area contributed by atoms with E-state index in [0.29, 0.717) is 41.7 Å². The van der Waals surface area contributed by atoms with Crippen LogP contribution < -0.4 is 5.32 Å². The molecule has 1 N–H and O–H groups in total. The number of aromatic nitrogens is 3. The summed E-state index contributed by atoms with van der Waals surface area (Å²) in [5.41, 5.74) is 3.30. The third-order valence-corrected chi connectivity index (χ3v) is 5.59. The Morgan fingerprint density at radius 3 is 2.34 bits per heavy atom. The summed E-state index contributed by atoms with van der Waals surface area (Å²) in [5.74, 6) is 1.20. The minimum absolute atomic E-state index is 0.189. The van der Waals surface area contributed by atoms with Crippen molar-refractivity contribution in [1.82, 2.24) is 14.5 Å². The highest BCUT2D eigenvalue weighted by Gasteiger charge is 2.17. The number of benzene rings is 3. The van der Waals surface area contributed by atoms with E-state index in [1.54, 1.807) is 24.7 Å². The first-order valence-corrected chi connectivity index (χ1v) is 11.3. The van der Waals surface area contributed by atoms with Crippen molar-refractivity contribution in [3.8, 4) is 22.6 Å². The van der Waals surface area contributed by atoms with Crippen LogP contribution in [-0.4, -0.2) is 20.4 Å². The van der Waals surface area contributed by atoms with E-state index in [0.717, 1.165) is 11.1 Å². The predicted octanol–water partition coefficient (Wildman–Crippen LogP) is 5.96. The number of amides is 1. The molecule has 2 aromatic heterocycles. The van der Waals surface area contributed by atoms with E-state index in [1.807, 2.05) is 65.2 Å². The predicted molar refractivity (Wildman–Crippen MR) is 132 cm³/mol. The second kappa shape index (κ2) is 10.2. The molecule has 0 atom stereocenters. The number of rotatable bonds is 8. The van der Waals surface area contributed by atoms with Gasteiger partial charge in [0, 0.05) is 24.0 Å². The van der Waals surface area contributed by atoms with Crippen molar-refractivity contribution in [3.05, 3.63) is 115 Å². The van der Waals surface area contributed by atoms with Crippen LogP contribution in [-0.2, 0) is 17.8 Å². The molecular weight excluding hydrogens is 443 g/mol. The van der Waals surface area contributed by atoms with Gasteiger partial charge in [0.1, 0.15) is 17.3 Å². The summed E-state index contributed by atoms with van der Waals surface area (Å²) in [4.78, 5) is 21.7. The Kier molecular flexibility index (Phi) is 6.48. The van der Waals surface area contributed by atoms with Gasteiger partial charge in [0.2, 0.25) is 5.91 Å². The number of imidazole rings is 1. The molecule has 3 aromatic carbocycles. The SMILES string of the molecule is O=C(CCc1ncc(-c2ccccc2)o1)Nc1c(-c2ccc(F)cc2)ncn1Cc1ccccc1. The average Bonchev–Trinajstić information content (AvgIpc) is 3.52. The van der Waals surface area contributed by atoms with Gasteiger partial charge in [0.15, 0.2) is 11.7 Å². The lowest BCUT2D eigenvalue weighted by molar-refractivity contribution is -0.116. The van der Waals surface area contributed by atoms with Gasteiger partial charge in [-0.15, -0.1) is 0 Å². The van der Waals surface area contributed by atoms with Gasteiger partial charge in [-0.25, -0.2) is 14.4 Å². The third kappa shape index (κ3) is 5.35. The summed E-state index contributed by atoms with van der Waals surface area (Å²) in [6.07, 6.45) is 3.90. The fourth-order valence-corrected chi connectivity index (χ4v) is 3.81. The Morgan fingerprint density at radius 1 is 0.886 bits per heavy atom. The third-order valence-electron chi connectivity index (χ3n) is 5.59. The van der Waals surface area contributed by atoms with E-state index in [2.05, 4.69) is 15.3 Å². The summed E-state index contributed by atoms with van der Waals surface area (Å²) in [7, 11) is 0. The van der Waals surface area contributed by atoms with Gasteiger partial charge in [-0.1, -0.05) is 60.7 Å². The molecule has 1 amide bonds. The molecule has 7 heteroatoms. The van der Waals surface area contributed by atoms with Crippen LogP contribution in [0.4, 0.5) is 10.2 Å². The summed E-state index contributed by atoms with van der Waals surface area (Å²) in [6.45, 7) is 0.533. The van der Waals surface area contributed by atoms with E-state index >= 15 is 0 Å². The monoisotopic (exact) mass is 466 g/mol. The van der Waals surface area contributed by atoms with Gasteiger partial charge in [-0.3, -0.25) is 4.79 Å². The topological polar surface area (TPSA) is 73.0 Å². The molecule has 5 aromatic rings. The molecule has 0 aliphatic carbocycles. The Morgan fingerprint density at radius 2 is 1.60 bits per heavy atom. The molecule has 5 rings (SSSR count). The Labute approximate surface area is 202 Å². The number of aryl methyl sites for hydroxylation is 1. The van der Waals surface area contributed by atoms with Crippen molar-refractivity contribution >= 4 is 11.7 Å². The van der Waals surface area contributed by atoms with Crippen molar-refractivity contribution in [2.45, 2.75) is 19.4 Å². The van der Waals surface area contributed by atoms with Gasteiger partial charge in [-0.2, -0.15) is 0 Å². The number of carbonyl (C=O) groups is 1. The molecule has 0 spiro atoms. The number of nitrogens with one attached hydrogen (secondary N) is 1. The molecule has 0 aliphatic rings. The number of hydrogen-bond donors (Lipinski definition) is 1. The first kappa shape index (κ1) is 22.3. The zero-order valence-electron chi connectivity index (χ0n) is 18.9. The molecule has 0 aliphatic heterocycles. The molecule has 0 fully saturated rings. The lowest BCUT2D eigenvalue weighted by Gasteiger charge is -2.12. The first-order chi connectivity index (χ1) is 17.2. The fraction of sp³-hybridized carbons (Fsp3) is 0.107. The van der Waals surface area contributed by atoms with Gasteiger partial charge in [0.05, 0.1) is 19.1 Å². The van der Waals surface area contributed by atoms with Gasteiger partial charge >= 0.3 is 0 Å². The zero-order valence-corrected chi connectivity index (χ0v) is 18.9. The average molecular weight is 467 g/mol. The van der Waals surface area contributed by atoms with E-state index < -0.39 is 0 Å². The molecule has 0 bridgehead atoms. The summed E-state index contributed by atoms with van der Waals surface area (Å²) >= 11 is 0. The normalized spacial score (nSPS) is 10.9. The van der Waals surface area contributed by atoms with Crippen LogP contribution in [0.2, 0.25) is 0 Å². The van der Waals surface area contributed by atoms with Crippen molar-refractivity contribution in [3.63, 3.8) is 0 Å². The van der Waals surface area contributed by atoms with Crippen molar-refractivity contribution in [1.29, 1.82) is 0 Å². The number of anilines is 1. The Hall–Kier alpha value is -4.52. The largest absolute Gasteiger partial charge is 0.441 e. The van der Waals surface area contributed by atoms with Crippen molar-refractivity contribution in [2.75, 3.05) is 5.32 Å². The molecule has 0 unspecified atom stereocenters. The molecule has 6 nitrogen and oxygen atoms in total. The molecule has 0 saturated carbocycles. The smallest absolute Gasteiger partial charge is 0.226 e. The zero-order chi connectivity index (χ0) is 24.0. The number of oxazole rings is 1. The summed E-state index contributed by atoms with van der Waals surface area (Å²) < 4.78 is 21.2. The van der Waals surface area contributed by atoms with Crippen LogP contribution >= 0.6 is 0 Å². The lowest BCUT2D eigenvalue weighted by Crippen LogP contribution is -2.16. The minimum Gasteiger partial charge on any atom is -0.441 e. The van der Waals surface area contributed by atoms with E-state index in [9.17, 15) is 9.18 Å². The number of halogens is 1. The van der Waals surface area contributed by atoms with Crippen molar-refractivity contribution < 1.29 is 13.6 Å². The van der Waals surface area contributed by atoms with Crippen molar-refractivity contribution in [2.24, 2.45) is 0 Å². The van der Waals surface area contributed by atoms with Crippen LogP contribution in [0.15, 0.2) is 102 Å². The number of nitrogens with zero attached hydrogens (tertiary/aromatic N) is 3. The first-order valence-electron chi connectivity index (χ1n) is 11.3. The second-order valence-electron chi connectivity index (χ2n) is 8.09. The van der Waals surface area contributed by atoms with Crippen LogP contribution in [0.25, 0.3) is 22.6 Å². The van der Waals surface area contributed by atoms with Gasteiger partial charge in [-0.05, 0) is 29.8 Å². The molecule has 2 heterocycles. The van der Waals surface area contributed by atoms with E-state index in [1.165, 1.54) is 12.1 Å². The standard InChI is InChI=1S/C28H23FN4O2/c29-23-13-11-22(12-14-23)27-28(33(19-31-27)18-20-7-3-1-4-8-20)32-25(34)15-16-26-30-17-24(35-26)21-9-5-2-6-10-21/h1-14,17,19H,15-16,18H2,(H,32,34). The maximum absolute atomic E-state index is 13.5. The van der Waals surface area contributed by atoms with E-state index in [-0.39, 0.29) is 18.1 Å². The number of hydrogen-bond acceptors (Lipinski definition) is 4. The summed E-state index contributed by atoms with van der Waals surface area (Å²) in [5, 5.41) is 3.00. The number of carbonyl (C=O) groups excluding carboxylic acids is 1. The second-order valence-corrected chi connectivity index (χ2v) is 8.09. The molecule has 0 radical (unpaired) electrons. The maximum atomic E-state index is 13.5. The Bertz CT molecular complexity index is 1410. The van der Waals surface area contributed by atoms with Crippen LogP contribution in [0.3, 0.4) is 0 Å². The quantitative estimate of drug-likeness (QED) is 0.306. The Balaban J connectivity index is 1.33. The van der Waals surface area contributed by atoms with Crippen LogP contribution in [0.5, 0.6) is 0 Å². The highest BCUT2D eigenvalue weighted by Crippen LogP contribution is 2.28. The highest BCUT2D eigenvalue weighted by atomic mass is 19.1. The van der Waals surface area contributed by atoms with Crippen LogP contribution in [0.1, 0.15) is 17.9 Å². The van der Waals surface area contributed by atoms with Gasteiger partial charge < -0.3 is 14.3 Å². The molecule has 174 valence electrons. The maximum Gasteiger partial charge on any atom is 0.226 e. The van der Waals surface area contributed by atoms with E-state index in [4.69, 9.17) is 4.42 Å². The highest BCUT2D eigenvalue weighted by molar-refractivity contribution is 5.93. The van der Waals surface area contributed by atoms with Gasteiger partial charge in [0.25, 0.3) is 0 Å². The molecule has 35 heavy (non-hydrogen) atoms. The minimum atomic E-state index is -0.330. The molecular formula is C28H23FN4O2. The van der Waals surface area contributed by atoms with Crippen LogP contribution in [0, 0.1) is 5.82 Å². The lowest BCUT2D eigenvalue weighted by atomic mass is 10.1. The molecule has 0 saturated heterocycles. The fourth-order valence-electron chi connectivity index (χ4n) is 3.81. The summed E-state index contributed by atoms with van der Waals surface area (Å²) in [6, 6.07) is 25.7.